The molecule has 2 aromatic carbocycles. The minimum atomic E-state index is -1.37. The van der Waals surface area contributed by atoms with Gasteiger partial charge in [0.1, 0.15) is 30.5 Å². The van der Waals surface area contributed by atoms with E-state index in [1.165, 1.54) is 16.7 Å². The summed E-state index contributed by atoms with van der Waals surface area (Å²) in [5, 5.41) is 40.2. The highest BCUT2D eigenvalue weighted by Crippen LogP contribution is 2.37. The van der Waals surface area contributed by atoms with E-state index < -0.39 is 37.1 Å². The van der Waals surface area contributed by atoms with Gasteiger partial charge < -0.3 is 30.1 Å². The molecule has 6 heteroatoms. The molecule has 2 heterocycles. The molecule has 1 saturated heterocycles. The Bertz CT molecular complexity index is 870. The van der Waals surface area contributed by atoms with Crippen LogP contribution < -0.4 is 4.90 Å². The van der Waals surface area contributed by atoms with Crippen molar-refractivity contribution >= 4 is 5.69 Å². The second-order valence-electron chi connectivity index (χ2n) is 8.34. The highest BCUT2D eigenvalue weighted by atomic mass is 16.5. The Morgan fingerprint density at radius 1 is 1.00 bits per heavy atom. The van der Waals surface area contributed by atoms with E-state index in [9.17, 15) is 20.4 Å². The SMILES string of the molecule is CCc1cccc(CN2CCCc3ccc([C@@H]4O[C@H](CO)[C@@H](O)[C@H](O)[C@H]4O)cc32)c1. The van der Waals surface area contributed by atoms with Crippen molar-refractivity contribution in [3.63, 3.8) is 0 Å². The van der Waals surface area contributed by atoms with E-state index in [1.807, 2.05) is 12.1 Å². The normalized spacial score (nSPS) is 29.0. The summed E-state index contributed by atoms with van der Waals surface area (Å²) in [5.41, 5.74) is 5.68. The van der Waals surface area contributed by atoms with E-state index in [4.69, 9.17) is 4.74 Å². The van der Waals surface area contributed by atoms with Crippen LogP contribution in [0.5, 0.6) is 0 Å². The Hall–Kier alpha value is -1.96. The Kier molecular flexibility index (Phi) is 6.41. The van der Waals surface area contributed by atoms with Crippen molar-refractivity contribution in [1.29, 1.82) is 0 Å². The first-order valence-corrected chi connectivity index (χ1v) is 10.8. The maximum atomic E-state index is 10.5. The molecule has 30 heavy (non-hydrogen) atoms. The first-order chi connectivity index (χ1) is 14.5. The molecule has 2 aliphatic rings. The summed E-state index contributed by atoms with van der Waals surface area (Å²) >= 11 is 0. The molecular weight excluding hydrogens is 382 g/mol. The third kappa shape index (κ3) is 4.11. The lowest BCUT2D eigenvalue weighted by molar-refractivity contribution is -0.231. The average Bonchev–Trinajstić information content (AvgIpc) is 2.78. The lowest BCUT2D eigenvalue weighted by Gasteiger charge is -2.41. The van der Waals surface area contributed by atoms with Gasteiger partial charge in [-0.05, 0) is 47.6 Å². The molecule has 0 radical (unpaired) electrons. The van der Waals surface area contributed by atoms with Gasteiger partial charge >= 0.3 is 0 Å². The molecule has 2 aliphatic heterocycles. The van der Waals surface area contributed by atoms with Crippen LogP contribution in [0.2, 0.25) is 0 Å². The van der Waals surface area contributed by atoms with E-state index in [1.54, 1.807) is 0 Å². The number of hydrogen-bond donors (Lipinski definition) is 4. The largest absolute Gasteiger partial charge is 0.394 e. The fourth-order valence-electron chi connectivity index (χ4n) is 4.55. The molecule has 4 rings (SSSR count). The van der Waals surface area contributed by atoms with Gasteiger partial charge in [0.25, 0.3) is 0 Å². The van der Waals surface area contributed by atoms with E-state index in [0.29, 0.717) is 0 Å². The molecular formula is C24H31NO5. The number of fused-ring (bicyclic) bond motifs is 1. The maximum absolute atomic E-state index is 10.5. The predicted molar refractivity (Wildman–Crippen MR) is 114 cm³/mol. The van der Waals surface area contributed by atoms with Gasteiger partial charge in [-0.1, -0.05) is 43.3 Å². The van der Waals surface area contributed by atoms with Crippen molar-refractivity contribution in [3.8, 4) is 0 Å². The van der Waals surface area contributed by atoms with E-state index in [-0.39, 0.29) is 0 Å². The number of aliphatic hydroxyl groups excluding tert-OH is 4. The Morgan fingerprint density at radius 3 is 2.57 bits per heavy atom. The molecule has 0 unspecified atom stereocenters. The summed E-state index contributed by atoms with van der Waals surface area (Å²) in [6, 6.07) is 14.6. The summed E-state index contributed by atoms with van der Waals surface area (Å²) in [7, 11) is 0. The number of aryl methyl sites for hydroxylation is 2. The number of anilines is 1. The molecule has 0 bridgehead atoms. The third-order valence-corrected chi connectivity index (χ3v) is 6.32. The highest BCUT2D eigenvalue weighted by Gasteiger charge is 2.44. The molecule has 2 aromatic rings. The molecule has 1 fully saturated rings. The first kappa shape index (κ1) is 21.3. The van der Waals surface area contributed by atoms with Crippen molar-refractivity contribution in [2.45, 2.75) is 63.3 Å². The zero-order chi connectivity index (χ0) is 21.3. The summed E-state index contributed by atoms with van der Waals surface area (Å²) < 4.78 is 5.76. The van der Waals surface area contributed by atoms with Crippen LogP contribution in [0.25, 0.3) is 0 Å². The smallest absolute Gasteiger partial charge is 0.113 e. The van der Waals surface area contributed by atoms with Crippen LogP contribution in [0.15, 0.2) is 42.5 Å². The average molecular weight is 414 g/mol. The van der Waals surface area contributed by atoms with Crippen LogP contribution in [0.4, 0.5) is 5.69 Å². The van der Waals surface area contributed by atoms with Crippen molar-refractivity contribution in [1.82, 2.24) is 0 Å². The van der Waals surface area contributed by atoms with Gasteiger partial charge in [-0.3, -0.25) is 0 Å². The molecule has 4 N–H and O–H groups in total. The summed E-state index contributed by atoms with van der Waals surface area (Å²) in [6.45, 7) is 3.48. The van der Waals surface area contributed by atoms with Crippen LogP contribution in [0.3, 0.4) is 0 Å². The number of aliphatic hydroxyl groups is 4. The summed E-state index contributed by atoms with van der Waals surface area (Å²) in [6.07, 6.45) is -2.61. The van der Waals surface area contributed by atoms with Crippen molar-refractivity contribution in [3.05, 3.63) is 64.7 Å². The second-order valence-corrected chi connectivity index (χ2v) is 8.34. The Balaban J connectivity index is 1.62. The molecule has 162 valence electrons. The lowest BCUT2D eigenvalue weighted by atomic mass is 9.89. The van der Waals surface area contributed by atoms with Crippen molar-refractivity contribution < 1.29 is 25.2 Å². The summed E-state index contributed by atoms with van der Waals surface area (Å²) in [4.78, 5) is 2.35. The molecule has 6 nitrogen and oxygen atoms in total. The van der Waals surface area contributed by atoms with Gasteiger partial charge in [-0.2, -0.15) is 0 Å². The Morgan fingerprint density at radius 2 is 1.80 bits per heavy atom. The minimum Gasteiger partial charge on any atom is -0.394 e. The van der Waals surface area contributed by atoms with Gasteiger partial charge in [0, 0.05) is 18.8 Å². The second kappa shape index (κ2) is 9.04. The number of ether oxygens (including phenoxy) is 1. The minimum absolute atomic E-state index is 0.424. The first-order valence-electron chi connectivity index (χ1n) is 10.8. The Labute approximate surface area is 177 Å². The molecule has 0 aliphatic carbocycles. The number of hydrogen-bond acceptors (Lipinski definition) is 6. The van der Waals surface area contributed by atoms with Crippen LogP contribution in [0.1, 0.15) is 41.7 Å². The van der Waals surface area contributed by atoms with Crippen LogP contribution in [-0.4, -0.2) is 58.0 Å². The van der Waals surface area contributed by atoms with Crippen molar-refractivity contribution in [2.24, 2.45) is 0 Å². The van der Waals surface area contributed by atoms with E-state index >= 15 is 0 Å². The quantitative estimate of drug-likeness (QED) is 0.597. The number of nitrogens with zero attached hydrogens (tertiary/aromatic N) is 1. The van der Waals surface area contributed by atoms with Gasteiger partial charge in [-0.15, -0.1) is 0 Å². The molecule has 0 saturated carbocycles. The molecule has 0 spiro atoms. The maximum Gasteiger partial charge on any atom is 0.113 e. The standard InChI is InChI=1S/C24H31NO5/c1-2-15-5-3-6-16(11-15)13-25-10-4-7-17-8-9-18(12-19(17)25)24-23(29)22(28)21(27)20(14-26)30-24/h3,5-6,8-9,11-12,20-24,26-29H,2,4,7,10,13-14H2,1H3/t20-,21-,22+,23-,24+/m1/s1. The van der Waals surface area contributed by atoms with Gasteiger partial charge in [0.15, 0.2) is 0 Å². The van der Waals surface area contributed by atoms with Crippen LogP contribution in [-0.2, 0) is 24.1 Å². The van der Waals surface area contributed by atoms with Crippen molar-refractivity contribution in [2.75, 3.05) is 18.1 Å². The van der Waals surface area contributed by atoms with E-state index in [2.05, 4.69) is 42.2 Å². The van der Waals surface area contributed by atoms with Gasteiger partial charge in [0.05, 0.1) is 6.61 Å². The topological polar surface area (TPSA) is 93.4 Å². The molecule has 0 amide bonds. The van der Waals surface area contributed by atoms with Gasteiger partial charge in [0.2, 0.25) is 0 Å². The molecule has 0 aromatic heterocycles. The number of benzene rings is 2. The fraction of sp³-hybridized carbons (Fsp3) is 0.500. The van der Waals surface area contributed by atoms with Crippen LogP contribution in [0, 0.1) is 0 Å². The zero-order valence-electron chi connectivity index (χ0n) is 17.3. The van der Waals surface area contributed by atoms with Gasteiger partial charge in [-0.25, -0.2) is 0 Å². The van der Waals surface area contributed by atoms with Crippen LogP contribution >= 0.6 is 0 Å². The fourth-order valence-corrected chi connectivity index (χ4v) is 4.55. The highest BCUT2D eigenvalue weighted by molar-refractivity contribution is 5.58. The lowest BCUT2D eigenvalue weighted by Crippen LogP contribution is -2.55. The molecule has 5 atom stereocenters. The number of rotatable bonds is 5. The summed E-state index contributed by atoms with van der Waals surface area (Å²) in [5.74, 6) is 0. The third-order valence-electron chi connectivity index (χ3n) is 6.32. The predicted octanol–water partition coefficient (Wildman–Crippen LogP) is 1.72. The zero-order valence-corrected chi connectivity index (χ0v) is 17.3. The van der Waals surface area contributed by atoms with E-state index in [0.717, 1.165) is 43.6 Å². The monoisotopic (exact) mass is 413 g/mol.